The van der Waals surface area contributed by atoms with Crippen molar-refractivity contribution in [1.29, 1.82) is 0 Å². The molecule has 1 N–H and O–H groups in total. The van der Waals surface area contributed by atoms with E-state index in [9.17, 15) is 9.59 Å². The predicted octanol–water partition coefficient (Wildman–Crippen LogP) is 0.0315. The summed E-state index contributed by atoms with van der Waals surface area (Å²) in [5, 5.41) is 12.4. The van der Waals surface area contributed by atoms with Gasteiger partial charge in [-0.15, -0.1) is 0 Å². The normalized spacial score (nSPS) is 10.8. The summed E-state index contributed by atoms with van der Waals surface area (Å²) in [6.45, 7) is 1.37. The van der Waals surface area contributed by atoms with Crippen LogP contribution in [0.4, 0.5) is 0 Å². The van der Waals surface area contributed by atoms with Gasteiger partial charge in [-0.1, -0.05) is 12.1 Å². The Bertz CT molecular complexity index is 598. The first-order valence-corrected chi connectivity index (χ1v) is 4.69. The fourth-order valence-corrected chi connectivity index (χ4v) is 1.47. The Morgan fingerprint density at radius 3 is 3.00 bits per heavy atom. The van der Waals surface area contributed by atoms with E-state index in [4.69, 9.17) is 9.63 Å². The summed E-state index contributed by atoms with van der Waals surface area (Å²) < 4.78 is 5.89. The van der Waals surface area contributed by atoms with E-state index in [0.29, 0.717) is 12.2 Å². The third-order valence-electron chi connectivity index (χ3n) is 2.18. The van der Waals surface area contributed by atoms with E-state index in [1.165, 1.54) is 6.20 Å². The highest BCUT2D eigenvalue weighted by Crippen LogP contribution is 2.07. The van der Waals surface area contributed by atoms with Crippen LogP contribution in [-0.4, -0.2) is 25.8 Å². The number of rotatable bonds is 3. The summed E-state index contributed by atoms with van der Waals surface area (Å²) in [7, 11) is 0. The molecule has 0 spiro atoms. The van der Waals surface area contributed by atoms with Crippen molar-refractivity contribution in [3.8, 4) is 0 Å². The van der Waals surface area contributed by atoms with Crippen molar-refractivity contribution in [2.75, 3.05) is 0 Å². The second kappa shape index (κ2) is 3.76. The van der Waals surface area contributed by atoms with Gasteiger partial charge in [0.2, 0.25) is 0 Å². The van der Waals surface area contributed by atoms with Crippen LogP contribution in [0.25, 0.3) is 11.1 Å². The Labute approximate surface area is 89.3 Å². The molecule has 0 amide bonds. The Morgan fingerprint density at radius 1 is 1.62 bits per heavy atom. The number of aliphatic carboxylic acids is 1. The molecule has 2 heterocycles. The molecule has 0 fully saturated rings. The zero-order valence-electron chi connectivity index (χ0n) is 8.51. The lowest BCUT2D eigenvalue weighted by Gasteiger charge is -2.06. The second-order valence-corrected chi connectivity index (χ2v) is 3.21. The molecule has 0 saturated heterocycles. The highest BCUT2D eigenvalue weighted by molar-refractivity contribution is 5.71. The average Bonchev–Trinajstić information content (AvgIpc) is 2.69. The van der Waals surface area contributed by atoms with Crippen LogP contribution in [0.1, 0.15) is 12.7 Å². The molecule has 0 aliphatic heterocycles. The first kappa shape index (κ1) is 10.3. The van der Waals surface area contributed by atoms with E-state index in [1.807, 2.05) is 0 Å². The molecule has 0 saturated carbocycles. The van der Waals surface area contributed by atoms with Crippen molar-refractivity contribution >= 4 is 17.1 Å². The second-order valence-electron chi connectivity index (χ2n) is 3.21. The molecule has 0 bridgehead atoms. The van der Waals surface area contributed by atoms with E-state index in [2.05, 4.69) is 10.1 Å². The van der Waals surface area contributed by atoms with Gasteiger partial charge in [0.1, 0.15) is 17.8 Å². The molecule has 16 heavy (non-hydrogen) atoms. The van der Waals surface area contributed by atoms with E-state index in [-0.39, 0.29) is 11.1 Å². The number of carbonyl (C=O) groups is 1. The zero-order valence-corrected chi connectivity index (χ0v) is 8.51. The van der Waals surface area contributed by atoms with Crippen LogP contribution in [0.2, 0.25) is 0 Å². The molecule has 0 aliphatic carbocycles. The summed E-state index contributed by atoms with van der Waals surface area (Å²) in [5.74, 6) is -0.717. The molecule has 2 aromatic heterocycles. The van der Waals surface area contributed by atoms with Gasteiger partial charge in [0.05, 0.1) is 6.20 Å². The molecular weight excluding hydrogens is 214 g/mol. The van der Waals surface area contributed by atoms with Crippen LogP contribution >= 0.6 is 0 Å². The summed E-state index contributed by atoms with van der Waals surface area (Å²) in [6.07, 6.45) is 1.68. The van der Waals surface area contributed by atoms with Gasteiger partial charge >= 0.3 is 5.97 Å². The summed E-state index contributed by atoms with van der Waals surface area (Å²) in [6, 6.07) is 0. The maximum Gasteiger partial charge on any atom is 0.323 e. The summed E-state index contributed by atoms with van der Waals surface area (Å²) in [4.78, 5) is 26.5. The fourth-order valence-electron chi connectivity index (χ4n) is 1.47. The topological polar surface area (TPSA) is 98.2 Å². The molecule has 0 unspecified atom stereocenters. The number of fused-ring (bicyclic) bond motifs is 1. The standard InChI is InChI=1S/C9H9N3O4/c1-2-6-11-8-5(3-10-16-8)9(15)12(6)4-7(13)14/h3H,2,4H2,1H3,(H,13,14). The molecule has 7 nitrogen and oxygen atoms in total. The van der Waals surface area contributed by atoms with Crippen molar-refractivity contribution in [1.82, 2.24) is 14.7 Å². The van der Waals surface area contributed by atoms with E-state index in [1.54, 1.807) is 6.92 Å². The van der Waals surface area contributed by atoms with E-state index < -0.39 is 18.1 Å². The quantitative estimate of drug-likeness (QED) is 0.788. The van der Waals surface area contributed by atoms with E-state index in [0.717, 1.165) is 4.57 Å². The molecule has 0 radical (unpaired) electrons. The van der Waals surface area contributed by atoms with Crippen LogP contribution in [0.5, 0.6) is 0 Å². The van der Waals surface area contributed by atoms with Gasteiger partial charge in [0, 0.05) is 6.42 Å². The molecular formula is C9H9N3O4. The number of hydrogen-bond donors (Lipinski definition) is 1. The number of aryl methyl sites for hydroxylation is 1. The number of carboxylic acids is 1. The average molecular weight is 223 g/mol. The minimum Gasteiger partial charge on any atom is -0.480 e. The highest BCUT2D eigenvalue weighted by Gasteiger charge is 2.14. The number of nitrogens with zero attached hydrogens (tertiary/aromatic N) is 3. The van der Waals surface area contributed by atoms with Crippen LogP contribution in [0.15, 0.2) is 15.5 Å². The minimum absolute atomic E-state index is 0.142. The first-order chi connectivity index (χ1) is 7.63. The zero-order chi connectivity index (χ0) is 11.7. The fraction of sp³-hybridized carbons (Fsp3) is 0.333. The van der Waals surface area contributed by atoms with Gasteiger partial charge in [-0.25, -0.2) is 0 Å². The summed E-state index contributed by atoms with van der Waals surface area (Å²) >= 11 is 0. The van der Waals surface area contributed by atoms with Crippen molar-refractivity contribution < 1.29 is 14.4 Å². The van der Waals surface area contributed by atoms with Crippen molar-refractivity contribution in [2.45, 2.75) is 19.9 Å². The molecule has 7 heteroatoms. The molecule has 84 valence electrons. The van der Waals surface area contributed by atoms with Crippen molar-refractivity contribution in [2.24, 2.45) is 0 Å². The molecule has 0 aliphatic rings. The minimum atomic E-state index is -1.09. The van der Waals surface area contributed by atoms with Gasteiger partial charge in [0.25, 0.3) is 11.3 Å². The maximum atomic E-state index is 11.9. The highest BCUT2D eigenvalue weighted by atomic mass is 16.5. The van der Waals surface area contributed by atoms with Crippen LogP contribution < -0.4 is 5.56 Å². The maximum absolute atomic E-state index is 11.9. The number of hydrogen-bond acceptors (Lipinski definition) is 5. The molecule has 2 rings (SSSR count). The van der Waals surface area contributed by atoms with E-state index >= 15 is 0 Å². The van der Waals surface area contributed by atoms with Gasteiger partial charge < -0.3 is 9.63 Å². The SMILES string of the molecule is CCc1nc2oncc2c(=O)n1CC(=O)O. The lowest BCUT2D eigenvalue weighted by atomic mass is 10.3. The lowest BCUT2D eigenvalue weighted by Crippen LogP contribution is -2.28. The van der Waals surface area contributed by atoms with Crippen molar-refractivity contribution in [3.05, 3.63) is 22.4 Å². The molecule has 0 atom stereocenters. The van der Waals surface area contributed by atoms with Crippen LogP contribution in [-0.2, 0) is 17.8 Å². The van der Waals surface area contributed by atoms with Crippen molar-refractivity contribution in [3.63, 3.8) is 0 Å². The molecule has 2 aromatic rings. The van der Waals surface area contributed by atoms with Gasteiger partial charge in [0.15, 0.2) is 0 Å². The third kappa shape index (κ3) is 1.56. The monoisotopic (exact) mass is 223 g/mol. The largest absolute Gasteiger partial charge is 0.480 e. The Balaban J connectivity index is 2.72. The molecule has 0 aromatic carbocycles. The van der Waals surface area contributed by atoms with Crippen LogP contribution in [0.3, 0.4) is 0 Å². The Hall–Kier alpha value is -2.18. The lowest BCUT2D eigenvalue weighted by molar-refractivity contribution is -0.137. The van der Waals surface area contributed by atoms with Gasteiger partial charge in [-0.3, -0.25) is 14.2 Å². The Morgan fingerprint density at radius 2 is 2.38 bits per heavy atom. The predicted molar refractivity (Wildman–Crippen MR) is 53.1 cm³/mol. The summed E-state index contributed by atoms with van der Waals surface area (Å²) in [5.41, 5.74) is -0.297. The third-order valence-corrected chi connectivity index (χ3v) is 2.18. The number of aromatic nitrogens is 3. The van der Waals surface area contributed by atoms with Gasteiger partial charge in [-0.2, -0.15) is 4.98 Å². The van der Waals surface area contributed by atoms with Crippen LogP contribution in [0, 0.1) is 0 Å². The van der Waals surface area contributed by atoms with Gasteiger partial charge in [-0.05, 0) is 0 Å². The number of carboxylic acid groups (broad SMARTS) is 1. The smallest absolute Gasteiger partial charge is 0.323 e. The first-order valence-electron chi connectivity index (χ1n) is 4.69. The Kier molecular flexibility index (Phi) is 2.43.